The van der Waals surface area contributed by atoms with Gasteiger partial charge in [0.25, 0.3) is 0 Å². The smallest absolute Gasteiger partial charge is 0.335 e. The van der Waals surface area contributed by atoms with Crippen molar-refractivity contribution in [3.05, 3.63) is 34.0 Å². The van der Waals surface area contributed by atoms with Crippen molar-refractivity contribution in [1.29, 1.82) is 0 Å². The van der Waals surface area contributed by atoms with Gasteiger partial charge < -0.3 is 9.52 Å². The zero-order valence-corrected chi connectivity index (χ0v) is 9.67. The quantitative estimate of drug-likeness (QED) is 0.908. The molecule has 0 saturated heterocycles. The highest BCUT2D eigenvalue weighted by Crippen LogP contribution is 2.29. The molecule has 4 heteroatoms. The molecule has 1 heterocycles. The summed E-state index contributed by atoms with van der Waals surface area (Å²) in [6, 6.07) is 5.03. The number of carbonyl (C=O) groups is 1. The van der Waals surface area contributed by atoms with Crippen LogP contribution in [0, 0.1) is 0 Å². The Morgan fingerprint density at radius 2 is 2.20 bits per heavy atom. The fourth-order valence-electron chi connectivity index (χ4n) is 1.46. The molecule has 0 amide bonds. The zero-order chi connectivity index (χ0) is 11.0. The Balaban J connectivity index is 2.70. The highest BCUT2D eigenvalue weighted by Gasteiger charge is 2.11. The largest absolute Gasteiger partial charge is 0.478 e. The van der Waals surface area contributed by atoms with Gasteiger partial charge in [-0.2, -0.15) is 0 Å². The molecule has 0 radical (unpaired) electrons. The van der Waals surface area contributed by atoms with Gasteiger partial charge in [0.2, 0.25) is 0 Å². The summed E-state index contributed by atoms with van der Waals surface area (Å²) in [6.45, 7) is 1.99. The lowest BCUT2D eigenvalue weighted by molar-refractivity contribution is 0.0697. The number of hydrogen-bond donors (Lipinski definition) is 1. The summed E-state index contributed by atoms with van der Waals surface area (Å²) < 4.78 is 6.22. The lowest BCUT2D eigenvalue weighted by atomic mass is 10.1. The molecule has 1 aromatic heterocycles. The number of carboxylic acids is 1. The molecule has 2 aromatic rings. The van der Waals surface area contributed by atoms with Crippen molar-refractivity contribution in [3.63, 3.8) is 0 Å². The highest BCUT2D eigenvalue weighted by molar-refractivity contribution is 9.10. The van der Waals surface area contributed by atoms with Crippen LogP contribution in [-0.4, -0.2) is 11.1 Å². The normalized spacial score (nSPS) is 10.8. The molecule has 3 nitrogen and oxygen atoms in total. The third-order valence-corrected chi connectivity index (χ3v) is 2.81. The van der Waals surface area contributed by atoms with Gasteiger partial charge in [-0.05, 0) is 34.1 Å². The van der Waals surface area contributed by atoms with Crippen molar-refractivity contribution in [2.24, 2.45) is 0 Å². The molecular weight excluding hydrogens is 260 g/mol. The summed E-state index contributed by atoms with van der Waals surface area (Å²) in [6.07, 6.45) is 0.795. The number of furan rings is 1. The van der Waals surface area contributed by atoms with Crippen molar-refractivity contribution in [3.8, 4) is 0 Å². The van der Waals surface area contributed by atoms with E-state index in [1.165, 1.54) is 0 Å². The number of hydrogen-bond acceptors (Lipinski definition) is 2. The molecule has 0 saturated carbocycles. The predicted molar refractivity (Wildman–Crippen MR) is 60.3 cm³/mol. The number of benzene rings is 1. The maximum atomic E-state index is 10.8. The summed E-state index contributed by atoms with van der Waals surface area (Å²) in [4.78, 5) is 10.8. The maximum absolute atomic E-state index is 10.8. The highest BCUT2D eigenvalue weighted by atomic mass is 79.9. The minimum atomic E-state index is -0.933. The van der Waals surface area contributed by atoms with Gasteiger partial charge in [-0.25, -0.2) is 4.79 Å². The van der Waals surface area contributed by atoms with Gasteiger partial charge in [-0.1, -0.05) is 6.92 Å². The average Bonchev–Trinajstić information content (AvgIpc) is 2.61. The van der Waals surface area contributed by atoms with Gasteiger partial charge >= 0.3 is 5.97 Å². The number of aromatic carboxylic acids is 1. The lowest BCUT2D eigenvalue weighted by Gasteiger charge is -1.96. The van der Waals surface area contributed by atoms with Crippen LogP contribution in [0.1, 0.15) is 23.0 Å². The van der Waals surface area contributed by atoms with Crippen molar-refractivity contribution < 1.29 is 14.3 Å². The first-order valence-corrected chi connectivity index (χ1v) is 5.36. The van der Waals surface area contributed by atoms with E-state index < -0.39 is 5.97 Å². The Kier molecular flexibility index (Phi) is 2.52. The van der Waals surface area contributed by atoms with E-state index in [2.05, 4.69) is 15.9 Å². The molecule has 15 heavy (non-hydrogen) atoms. The first kappa shape index (κ1) is 10.2. The summed E-state index contributed by atoms with van der Waals surface area (Å²) in [5.41, 5.74) is 0.967. The Morgan fingerprint density at radius 3 is 2.80 bits per heavy atom. The van der Waals surface area contributed by atoms with Crippen LogP contribution in [0.15, 0.2) is 27.1 Å². The molecule has 2 rings (SSSR count). The van der Waals surface area contributed by atoms with Crippen LogP contribution in [-0.2, 0) is 6.42 Å². The SMILES string of the molecule is CCc1cc2cc(C(=O)O)cc(Br)c2o1. The van der Waals surface area contributed by atoms with Gasteiger partial charge in [0.05, 0.1) is 10.0 Å². The molecule has 0 aliphatic heterocycles. The Bertz CT molecular complexity index is 528. The standard InChI is InChI=1S/C11H9BrO3/c1-2-8-4-6-3-7(11(13)14)5-9(12)10(6)15-8/h3-5H,2H2,1H3,(H,13,14). The molecule has 0 fully saturated rings. The molecule has 0 unspecified atom stereocenters. The van der Waals surface area contributed by atoms with Gasteiger partial charge in [0.15, 0.2) is 0 Å². The van der Waals surface area contributed by atoms with Gasteiger partial charge in [-0.3, -0.25) is 0 Å². The molecule has 78 valence electrons. The summed E-state index contributed by atoms with van der Waals surface area (Å²) >= 11 is 3.30. The Morgan fingerprint density at radius 1 is 1.47 bits per heavy atom. The topological polar surface area (TPSA) is 50.4 Å². The average molecular weight is 269 g/mol. The molecular formula is C11H9BrO3. The van der Waals surface area contributed by atoms with Crippen molar-refractivity contribution in [1.82, 2.24) is 0 Å². The van der Waals surface area contributed by atoms with E-state index in [0.717, 1.165) is 17.6 Å². The number of fused-ring (bicyclic) bond motifs is 1. The second kappa shape index (κ2) is 3.70. The van der Waals surface area contributed by atoms with E-state index in [1.807, 2.05) is 13.0 Å². The van der Waals surface area contributed by atoms with Gasteiger partial charge in [0.1, 0.15) is 11.3 Å². The third-order valence-electron chi connectivity index (χ3n) is 2.22. The molecule has 0 atom stereocenters. The van der Waals surface area contributed by atoms with Crippen LogP contribution in [0.4, 0.5) is 0 Å². The maximum Gasteiger partial charge on any atom is 0.335 e. The van der Waals surface area contributed by atoms with E-state index in [0.29, 0.717) is 10.1 Å². The summed E-state index contributed by atoms with van der Waals surface area (Å²) in [5, 5.41) is 9.70. The second-order valence-electron chi connectivity index (χ2n) is 3.25. The third kappa shape index (κ3) is 1.77. The molecule has 0 aliphatic carbocycles. The molecule has 1 aromatic carbocycles. The minimum absolute atomic E-state index is 0.262. The van der Waals surface area contributed by atoms with Crippen LogP contribution >= 0.6 is 15.9 Å². The van der Waals surface area contributed by atoms with Crippen LogP contribution in [0.25, 0.3) is 11.0 Å². The molecule has 1 N–H and O–H groups in total. The van der Waals surface area contributed by atoms with E-state index in [-0.39, 0.29) is 5.56 Å². The van der Waals surface area contributed by atoms with Crippen LogP contribution in [0.3, 0.4) is 0 Å². The van der Waals surface area contributed by atoms with Crippen molar-refractivity contribution in [2.45, 2.75) is 13.3 Å². The number of carboxylic acid groups (broad SMARTS) is 1. The van der Waals surface area contributed by atoms with Crippen molar-refractivity contribution >= 4 is 32.9 Å². The Labute approximate surface area is 94.8 Å². The van der Waals surface area contributed by atoms with E-state index in [9.17, 15) is 4.79 Å². The summed E-state index contributed by atoms with van der Waals surface area (Å²) in [7, 11) is 0. The fraction of sp³-hybridized carbons (Fsp3) is 0.182. The summed E-state index contributed by atoms with van der Waals surface area (Å²) in [5.74, 6) is -0.0786. The molecule has 0 bridgehead atoms. The molecule has 0 spiro atoms. The lowest BCUT2D eigenvalue weighted by Crippen LogP contribution is -1.95. The van der Waals surface area contributed by atoms with Gasteiger partial charge in [-0.15, -0.1) is 0 Å². The first-order chi connectivity index (χ1) is 7.11. The van der Waals surface area contributed by atoms with Crippen LogP contribution < -0.4 is 0 Å². The minimum Gasteiger partial charge on any atom is -0.478 e. The monoisotopic (exact) mass is 268 g/mol. The number of rotatable bonds is 2. The number of halogens is 1. The zero-order valence-electron chi connectivity index (χ0n) is 8.08. The Hall–Kier alpha value is -1.29. The van der Waals surface area contributed by atoms with E-state index in [1.54, 1.807) is 12.1 Å². The first-order valence-electron chi connectivity index (χ1n) is 4.57. The fourth-order valence-corrected chi connectivity index (χ4v) is 2.02. The second-order valence-corrected chi connectivity index (χ2v) is 4.10. The van der Waals surface area contributed by atoms with Crippen LogP contribution in [0.2, 0.25) is 0 Å². The van der Waals surface area contributed by atoms with Gasteiger partial charge in [0, 0.05) is 11.8 Å². The van der Waals surface area contributed by atoms with Crippen molar-refractivity contribution in [2.75, 3.05) is 0 Å². The van der Waals surface area contributed by atoms with E-state index in [4.69, 9.17) is 9.52 Å². The number of aryl methyl sites for hydroxylation is 1. The predicted octanol–water partition coefficient (Wildman–Crippen LogP) is 3.46. The van der Waals surface area contributed by atoms with E-state index >= 15 is 0 Å². The van der Waals surface area contributed by atoms with Crippen LogP contribution in [0.5, 0.6) is 0 Å². The molecule has 0 aliphatic rings.